The minimum atomic E-state index is -0.287. The normalized spacial score (nSPS) is 11.0. The Balaban J connectivity index is 1.27. The first-order valence-corrected chi connectivity index (χ1v) is 13.4. The molecule has 4 rings (SSSR count). The number of tetrazole rings is 1. The Kier molecular flexibility index (Phi) is 9.71. The van der Waals surface area contributed by atoms with E-state index in [-0.39, 0.29) is 12.4 Å². The average molecular weight is 573 g/mol. The Morgan fingerprint density at radius 1 is 1.00 bits per heavy atom. The van der Waals surface area contributed by atoms with Gasteiger partial charge in [-0.15, -0.1) is 5.10 Å². The third-order valence-corrected chi connectivity index (χ3v) is 6.98. The van der Waals surface area contributed by atoms with Gasteiger partial charge in [0.25, 0.3) is 0 Å². The smallest absolute Gasteiger partial charge is 0.214 e. The fourth-order valence-corrected chi connectivity index (χ4v) is 4.74. The van der Waals surface area contributed by atoms with E-state index < -0.39 is 0 Å². The second kappa shape index (κ2) is 13.4. The summed E-state index contributed by atoms with van der Waals surface area (Å²) in [6.45, 7) is 4.06. The van der Waals surface area contributed by atoms with E-state index in [0.717, 1.165) is 39.6 Å². The number of nitrogens with one attached hydrogen (secondary N) is 1. The quantitative estimate of drug-likeness (QED) is 0.160. The van der Waals surface area contributed by atoms with Crippen molar-refractivity contribution in [1.29, 1.82) is 0 Å². The molecule has 1 heterocycles. The summed E-state index contributed by atoms with van der Waals surface area (Å²) in [7, 11) is 0. The second-order valence-electron chi connectivity index (χ2n) is 7.79. The third-order valence-electron chi connectivity index (χ3n) is 5.24. The average Bonchev–Trinajstić information content (AvgIpc) is 3.37. The Morgan fingerprint density at radius 2 is 1.78 bits per heavy atom. The molecule has 0 amide bonds. The predicted octanol–water partition coefficient (Wildman–Crippen LogP) is 5.81. The first-order chi connectivity index (χ1) is 17.7. The molecule has 0 bridgehead atoms. The van der Waals surface area contributed by atoms with Gasteiger partial charge in [0.15, 0.2) is 11.5 Å². The van der Waals surface area contributed by atoms with Crippen LogP contribution in [-0.4, -0.2) is 39.1 Å². The highest BCUT2D eigenvalue weighted by Gasteiger charge is 2.13. The molecule has 36 heavy (non-hydrogen) atoms. The van der Waals surface area contributed by atoms with E-state index in [9.17, 15) is 4.39 Å². The number of nitrogens with zero attached hydrogens (tertiary/aromatic N) is 4. The monoisotopic (exact) mass is 571 g/mol. The highest BCUT2D eigenvalue weighted by molar-refractivity contribution is 9.10. The number of para-hydroxylation sites is 1. The summed E-state index contributed by atoms with van der Waals surface area (Å²) in [5.41, 5.74) is 2.49. The van der Waals surface area contributed by atoms with Gasteiger partial charge < -0.3 is 14.8 Å². The van der Waals surface area contributed by atoms with Gasteiger partial charge in [-0.2, -0.15) is 4.68 Å². The zero-order chi connectivity index (χ0) is 25.2. The number of thioether (sulfide) groups is 1. The molecule has 0 saturated heterocycles. The molecule has 0 atom stereocenters. The number of ether oxygens (including phenoxy) is 2. The van der Waals surface area contributed by atoms with Crippen LogP contribution < -0.4 is 14.8 Å². The summed E-state index contributed by atoms with van der Waals surface area (Å²) in [6, 6.07) is 20.3. The fraction of sp³-hybridized carbons (Fsp3) is 0.269. The lowest BCUT2D eigenvalue weighted by molar-refractivity contribution is 0.265. The molecule has 0 saturated carbocycles. The van der Waals surface area contributed by atoms with Crippen molar-refractivity contribution in [2.75, 3.05) is 18.9 Å². The van der Waals surface area contributed by atoms with E-state index in [1.807, 2.05) is 49.4 Å². The number of hydrogen-bond acceptors (Lipinski definition) is 7. The van der Waals surface area contributed by atoms with Crippen LogP contribution in [0.25, 0.3) is 5.69 Å². The highest BCUT2D eigenvalue weighted by Crippen LogP contribution is 2.34. The minimum Gasteiger partial charge on any atom is -0.490 e. The summed E-state index contributed by atoms with van der Waals surface area (Å²) >= 11 is 5.26. The summed E-state index contributed by atoms with van der Waals surface area (Å²) < 4.78 is 28.3. The molecule has 1 aromatic heterocycles. The maximum Gasteiger partial charge on any atom is 0.214 e. The van der Waals surface area contributed by atoms with Crippen LogP contribution in [0.1, 0.15) is 24.5 Å². The van der Waals surface area contributed by atoms with Crippen molar-refractivity contribution < 1.29 is 13.9 Å². The van der Waals surface area contributed by atoms with Crippen molar-refractivity contribution in [2.24, 2.45) is 0 Å². The molecular formula is C26H27BrFN5O2S. The van der Waals surface area contributed by atoms with E-state index in [4.69, 9.17) is 9.47 Å². The Hall–Kier alpha value is -2.95. The molecule has 0 aliphatic carbocycles. The number of rotatable bonds is 13. The number of aromatic nitrogens is 4. The van der Waals surface area contributed by atoms with Gasteiger partial charge in [0.05, 0.1) is 12.3 Å². The van der Waals surface area contributed by atoms with Crippen molar-refractivity contribution in [3.8, 4) is 17.2 Å². The number of benzene rings is 3. The van der Waals surface area contributed by atoms with Crippen LogP contribution in [0.15, 0.2) is 76.4 Å². The van der Waals surface area contributed by atoms with E-state index in [1.165, 1.54) is 6.07 Å². The van der Waals surface area contributed by atoms with Crippen molar-refractivity contribution in [2.45, 2.75) is 31.7 Å². The zero-order valence-corrected chi connectivity index (χ0v) is 22.3. The minimum absolute atomic E-state index is 0.127. The van der Waals surface area contributed by atoms with Gasteiger partial charge in [-0.05, 0) is 66.2 Å². The molecule has 10 heteroatoms. The molecule has 0 spiro atoms. The van der Waals surface area contributed by atoms with Crippen molar-refractivity contribution in [3.63, 3.8) is 0 Å². The molecule has 7 nitrogen and oxygen atoms in total. The van der Waals surface area contributed by atoms with Crippen LogP contribution in [0.4, 0.5) is 4.39 Å². The topological polar surface area (TPSA) is 74.1 Å². The van der Waals surface area contributed by atoms with Crippen LogP contribution in [0.2, 0.25) is 0 Å². The maximum absolute atomic E-state index is 13.9. The molecule has 0 fully saturated rings. The molecule has 188 valence electrons. The van der Waals surface area contributed by atoms with Gasteiger partial charge in [-0.3, -0.25) is 0 Å². The van der Waals surface area contributed by atoms with E-state index in [1.54, 1.807) is 34.6 Å². The van der Waals surface area contributed by atoms with E-state index >= 15 is 0 Å². The van der Waals surface area contributed by atoms with Gasteiger partial charge in [-0.25, -0.2) is 4.39 Å². The summed E-state index contributed by atoms with van der Waals surface area (Å²) in [5.74, 6) is 1.81. The summed E-state index contributed by atoms with van der Waals surface area (Å²) in [6.07, 6.45) is 0.950. The molecule has 0 aliphatic heterocycles. The molecule has 0 radical (unpaired) electrons. The van der Waals surface area contributed by atoms with Crippen LogP contribution in [0.5, 0.6) is 11.5 Å². The lowest BCUT2D eigenvalue weighted by Crippen LogP contribution is -2.16. The first kappa shape index (κ1) is 26.1. The molecule has 0 unspecified atom stereocenters. The van der Waals surface area contributed by atoms with Gasteiger partial charge in [0.2, 0.25) is 5.16 Å². The zero-order valence-electron chi connectivity index (χ0n) is 19.9. The van der Waals surface area contributed by atoms with Crippen LogP contribution in [0.3, 0.4) is 0 Å². The van der Waals surface area contributed by atoms with Crippen molar-refractivity contribution in [1.82, 2.24) is 25.5 Å². The lowest BCUT2D eigenvalue weighted by atomic mass is 10.2. The predicted molar refractivity (Wildman–Crippen MR) is 142 cm³/mol. The molecule has 1 N–H and O–H groups in total. The van der Waals surface area contributed by atoms with Crippen LogP contribution in [0, 0.1) is 5.82 Å². The highest BCUT2D eigenvalue weighted by atomic mass is 79.9. The van der Waals surface area contributed by atoms with Crippen LogP contribution in [-0.2, 0) is 13.2 Å². The fourth-order valence-electron chi connectivity index (χ4n) is 3.45. The van der Waals surface area contributed by atoms with E-state index in [0.29, 0.717) is 30.2 Å². The standard InChI is InChI=1S/C26H27BrFN5O2S/c1-2-34-24-15-20(22(27)16-25(24)35-18-19-9-6-7-12-23(19)28)17-29-13-8-14-36-26-30-31-32-33(26)21-10-4-3-5-11-21/h3-7,9-12,15-16,29H,2,8,13-14,17-18H2,1H3. The van der Waals surface area contributed by atoms with E-state index in [2.05, 4.69) is 36.8 Å². The Morgan fingerprint density at radius 3 is 2.58 bits per heavy atom. The van der Waals surface area contributed by atoms with Gasteiger partial charge in [0, 0.05) is 22.3 Å². The van der Waals surface area contributed by atoms with Gasteiger partial charge in [-0.1, -0.05) is 64.1 Å². The molecule has 0 aliphatic rings. The Labute approximate surface area is 222 Å². The molecule has 4 aromatic rings. The second-order valence-corrected chi connectivity index (χ2v) is 9.71. The first-order valence-electron chi connectivity index (χ1n) is 11.6. The summed E-state index contributed by atoms with van der Waals surface area (Å²) in [5, 5.41) is 16.3. The van der Waals surface area contributed by atoms with Crippen molar-refractivity contribution >= 4 is 27.7 Å². The number of hydrogen-bond donors (Lipinski definition) is 1. The molecular weight excluding hydrogens is 545 g/mol. The SMILES string of the molecule is CCOc1cc(CNCCCSc2nnnn2-c2ccccc2)c(Br)cc1OCc1ccccc1F. The maximum atomic E-state index is 13.9. The largest absolute Gasteiger partial charge is 0.490 e. The lowest BCUT2D eigenvalue weighted by Gasteiger charge is -2.16. The Bertz CT molecular complexity index is 1260. The molecule has 3 aromatic carbocycles. The third kappa shape index (κ3) is 7.05. The number of halogens is 2. The van der Waals surface area contributed by atoms with Gasteiger partial charge in [0.1, 0.15) is 12.4 Å². The van der Waals surface area contributed by atoms with Crippen molar-refractivity contribution in [3.05, 3.63) is 88.1 Å². The summed E-state index contributed by atoms with van der Waals surface area (Å²) in [4.78, 5) is 0. The van der Waals surface area contributed by atoms with Gasteiger partial charge >= 0.3 is 0 Å². The van der Waals surface area contributed by atoms with Crippen LogP contribution >= 0.6 is 27.7 Å².